The second-order valence-corrected chi connectivity index (χ2v) is 8.98. The lowest BCUT2D eigenvalue weighted by atomic mass is 9.87. The summed E-state index contributed by atoms with van der Waals surface area (Å²) < 4.78 is 64.2. The van der Waals surface area contributed by atoms with Gasteiger partial charge in [0.2, 0.25) is 0 Å². The van der Waals surface area contributed by atoms with Gasteiger partial charge in [0.25, 0.3) is 10.1 Å². The zero-order valence-electron chi connectivity index (χ0n) is 17.2. The lowest BCUT2D eigenvalue weighted by Crippen LogP contribution is -2.32. The van der Waals surface area contributed by atoms with E-state index in [4.69, 9.17) is 9.29 Å². The summed E-state index contributed by atoms with van der Waals surface area (Å²) in [5.74, 6) is -1.38. The normalized spacial score (nSPS) is 20.6. The number of aliphatic hydroxyl groups excluding tert-OH is 1. The predicted octanol–water partition coefficient (Wildman–Crippen LogP) is 2.72. The predicted molar refractivity (Wildman–Crippen MR) is 110 cm³/mol. The third kappa shape index (κ3) is 5.74. The van der Waals surface area contributed by atoms with Crippen molar-refractivity contribution in [3.8, 4) is 0 Å². The fourth-order valence-corrected chi connectivity index (χ4v) is 3.99. The van der Waals surface area contributed by atoms with E-state index in [2.05, 4.69) is 10.1 Å². The highest BCUT2D eigenvalue weighted by Gasteiger charge is 2.44. The first-order valence-corrected chi connectivity index (χ1v) is 11.1. The van der Waals surface area contributed by atoms with Crippen LogP contribution < -0.4 is 0 Å². The van der Waals surface area contributed by atoms with E-state index in [0.717, 1.165) is 11.6 Å². The second kappa shape index (κ2) is 9.82. The monoisotopic (exact) mass is 467 g/mol. The van der Waals surface area contributed by atoms with Crippen LogP contribution in [0.4, 0.5) is 8.78 Å². The number of aromatic nitrogens is 3. The molecule has 1 fully saturated rings. The summed E-state index contributed by atoms with van der Waals surface area (Å²) in [5, 5.41) is 13.3. The highest BCUT2D eigenvalue weighted by Crippen LogP contribution is 2.41. The van der Waals surface area contributed by atoms with Crippen molar-refractivity contribution in [1.82, 2.24) is 14.8 Å². The van der Waals surface area contributed by atoms with Crippen LogP contribution in [0.5, 0.6) is 0 Å². The number of benzene rings is 2. The summed E-state index contributed by atoms with van der Waals surface area (Å²) in [6, 6.07) is 9.42. The second-order valence-electron chi connectivity index (χ2n) is 7.56. The Bertz CT molecular complexity index is 1140. The number of halogens is 2. The number of aryl methyl sites for hydroxylation is 1. The zero-order valence-corrected chi connectivity index (χ0v) is 18.0. The van der Waals surface area contributed by atoms with Crippen LogP contribution in [0.15, 0.2) is 60.0 Å². The van der Waals surface area contributed by atoms with E-state index in [1.807, 2.05) is 6.92 Å². The Balaban J connectivity index is 0.000000222. The van der Waals surface area contributed by atoms with Gasteiger partial charge in [-0.1, -0.05) is 23.8 Å². The van der Waals surface area contributed by atoms with Gasteiger partial charge < -0.3 is 9.84 Å². The van der Waals surface area contributed by atoms with Crippen LogP contribution in [0.3, 0.4) is 0 Å². The molecule has 8 nitrogen and oxygen atoms in total. The third-order valence-electron chi connectivity index (χ3n) is 5.10. The molecule has 32 heavy (non-hydrogen) atoms. The number of ether oxygens (including phenoxy) is 1. The summed E-state index contributed by atoms with van der Waals surface area (Å²) >= 11 is 0. The SMILES string of the molecule is Cc1ccc(S(=O)(=O)O)cc1.OC[C@H]1CO[C@](Cn2cncn2)(c2ccc(F)cc2F)C1. The molecule has 11 heteroatoms. The minimum absolute atomic E-state index is 0.0398. The quantitative estimate of drug-likeness (QED) is 0.555. The number of aliphatic hydroxyl groups is 1. The van der Waals surface area contributed by atoms with Crippen molar-refractivity contribution in [3.63, 3.8) is 0 Å². The molecule has 2 heterocycles. The third-order valence-corrected chi connectivity index (χ3v) is 5.96. The molecule has 0 aliphatic carbocycles. The van der Waals surface area contributed by atoms with Crippen molar-refractivity contribution in [3.05, 3.63) is 77.9 Å². The Morgan fingerprint density at radius 2 is 1.94 bits per heavy atom. The molecule has 0 saturated carbocycles. The van der Waals surface area contributed by atoms with E-state index in [9.17, 15) is 22.3 Å². The molecule has 0 unspecified atom stereocenters. The summed E-state index contributed by atoms with van der Waals surface area (Å²) in [4.78, 5) is 3.79. The lowest BCUT2D eigenvalue weighted by molar-refractivity contribution is -0.0207. The maximum Gasteiger partial charge on any atom is 0.294 e. The molecule has 0 bridgehead atoms. The van der Waals surface area contributed by atoms with Gasteiger partial charge >= 0.3 is 0 Å². The standard InChI is InChI=1S/C14H15F2N3O2.C7H8O3S/c15-11-1-2-12(13(16)3-11)14(4-10(5-20)6-21-14)7-19-9-17-8-18-19;1-6-2-4-7(5-3-6)11(8,9)10/h1-3,8-10,20H,4-7H2;2-5H,1H3,(H,8,9,10)/t10-,14+;/m0./s1. The summed E-state index contributed by atoms with van der Waals surface area (Å²) in [5.41, 5.74) is 0.256. The van der Waals surface area contributed by atoms with Gasteiger partial charge in [0.15, 0.2) is 0 Å². The lowest BCUT2D eigenvalue weighted by Gasteiger charge is -2.29. The van der Waals surface area contributed by atoms with Crippen LogP contribution in [0.2, 0.25) is 0 Å². The highest BCUT2D eigenvalue weighted by molar-refractivity contribution is 7.85. The van der Waals surface area contributed by atoms with Gasteiger partial charge in [-0.3, -0.25) is 4.55 Å². The maximum atomic E-state index is 14.2. The van der Waals surface area contributed by atoms with Crippen molar-refractivity contribution < 1.29 is 31.6 Å². The Labute approximate surface area is 184 Å². The molecule has 0 spiro atoms. The van der Waals surface area contributed by atoms with Crippen molar-refractivity contribution in [2.24, 2.45) is 5.92 Å². The maximum absolute atomic E-state index is 14.2. The van der Waals surface area contributed by atoms with Crippen molar-refractivity contribution in [2.75, 3.05) is 13.2 Å². The molecule has 1 aliphatic rings. The minimum atomic E-state index is -4.02. The van der Waals surface area contributed by atoms with Gasteiger partial charge in [0.1, 0.15) is 29.9 Å². The van der Waals surface area contributed by atoms with Crippen LogP contribution in [0.25, 0.3) is 0 Å². The number of hydrogen-bond donors (Lipinski definition) is 2. The molecule has 0 amide bonds. The van der Waals surface area contributed by atoms with E-state index in [-0.39, 0.29) is 29.5 Å². The fourth-order valence-electron chi connectivity index (χ4n) is 3.51. The topological polar surface area (TPSA) is 115 Å². The number of nitrogens with zero attached hydrogens (tertiary/aromatic N) is 3. The highest BCUT2D eigenvalue weighted by atomic mass is 32.2. The van der Waals surface area contributed by atoms with Crippen molar-refractivity contribution in [2.45, 2.75) is 30.4 Å². The van der Waals surface area contributed by atoms with Gasteiger partial charge in [-0.05, 0) is 31.5 Å². The van der Waals surface area contributed by atoms with E-state index in [1.165, 1.54) is 36.9 Å². The fraction of sp³-hybridized carbons (Fsp3) is 0.333. The van der Waals surface area contributed by atoms with Crippen LogP contribution in [0, 0.1) is 24.5 Å². The molecular formula is C21H23F2N3O5S. The summed E-state index contributed by atoms with van der Waals surface area (Å²) in [7, 11) is -4.02. The molecule has 1 saturated heterocycles. The van der Waals surface area contributed by atoms with E-state index in [0.29, 0.717) is 13.0 Å². The molecule has 3 aromatic rings. The minimum Gasteiger partial charge on any atom is -0.396 e. The van der Waals surface area contributed by atoms with E-state index >= 15 is 0 Å². The van der Waals surface area contributed by atoms with E-state index < -0.39 is 27.4 Å². The van der Waals surface area contributed by atoms with Gasteiger partial charge in [-0.2, -0.15) is 13.5 Å². The van der Waals surface area contributed by atoms with Gasteiger partial charge in [-0.15, -0.1) is 0 Å². The number of hydrogen-bond acceptors (Lipinski definition) is 6. The Morgan fingerprint density at radius 1 is 1.22 bits per heavy atom. The van der Waals surface area contributed by atoms with Crippen molar-refractivity contribution >= 4 is 10.1 Å². The average molecular weight is 467 g/mol. The molecular weight excluding hydrogens is 444 g/mol. The molecule has 172 valence electrons. The first-order valence-electron chi connectivity index (χ1n) is 9.70. The van der Waals surface area contributed by atoms with Gasteiger partial charge in [0.05, 0.1) is 18.0 Å². The smallest absolute Gasteiger partial charge is 0.294 e. The van der Waals surface area contributed by atoms with Crippen LogP contribution >= 0.6 is 0 Å². The number of rotatable bonds is 5. The van der Waals surface area contributed by atoms with Gasteiger partial charge in [-0.25, -0.2) is 18.4 Å². The molecule has 2 N–H and O–H groups in total. The molecule has 4 rings (SSSR count). The Morgan fingerprint density at radius 3 is 2.47 bits per heavy atom. The van der Waals surface area contributed by atoms with Crippen molar-refractivity contribution in [1.29, 1.82) is 0 Å². The molecule has 1 aliphatic heterocycles. The van der Waals surface area contributed by atoms with Crippen LogP contribution in [-0.4, -0.2) is 46.1 Å². The van der Waals surface area contributed by atoms with E-state index in [1.54, 1.807) is 16.8 Å². The van der Waals surface area contributed by atoms with Crippen LogP contribution in [0.1, 0.15) is 17.5 Å². The first-order chi connectivity index (χ1) is 15.1. The molecule has 2 atom stereocenters. The molecule has 2 aromatic carbocycles. The zero-order chi connectivity index (χ0) is 23.4. The Kier molecular flexibility index (Phi) is 7.34. The average Bonchev–Trinajstić information content (AvgIpc) is 3.39. The summed E-state index contributed by atoms with van der Waals surface area (Å²) in [6.07, 6.45) is 3.33. The summed E-state index contributed by atoms with van der Waals surface area (Å²) in [6.45, 7) is 2.38. The largest absolute Gasteiger partial charge is 0.396 e. The van der Waals surface area contributed by atoms with Gasteiger partial charge in [0, 0.05) is 24.2 Å². The molecule has 1 aromatic heterocycles. The Hall–Kier alpha value is -2.73. The first kappa shape index (κ1) is 23.9. The molecule has 0 radical (unpaired) electrons. The van der Waals surface area contributed by atoms with Crippen LogP contribution in [-0.2, 0) is 27.0 Å².